The smallest absolute Gasteiger partial charge is 0.240 e. The van der Waals surface area contributed by atoms with Crippen molar-refractivity contribution in [2.24, 2.45) is 0 Å². The van der Waals surface area contributed by atoms with Crippen molar-refractivity contribution in [1.29, 1.82) is 0 Å². The van der Waals surface area contributed by atoms with Crippen LogP contribution in [0.2, 0.25) is 0 Å². The second kappa shape index (κ2) is 7.56. The minimum absolute atomic E-state index is 0.140. The number of aromatic amines is 1. The predicted molar refractivity (Wildman–Crippen MR) is 107 cm³/mol. The number of Topliss-reactive ketones (excluding diaryl/α,β-unsaturated/α-hetero) is 1. The summed E-state index contributed by atoms with van der Waals surface area (Å²) in [4.78, 5) is 15.9. The van der Waals surface area contributed by atoms with Crippen molar-refractivity contribution in [3.8, 4) is 0 Å². The normalized spacial score (nSPS) is 14.5. The number of aryl methyl sites for hydroxylation is 3. The summed E-state index contributed by atoms with van der Waals surface area (Å²) in [6, 6.07) is 7.24. The van der Waals surface area contributed by atoms with Gasteiger partial charge in [-0.25, -0.2) is 13.1 Å². The van der Waals surface area contributed by atoms with Gasteiger partial charge in [0.25, 0.3) is 0 Å². The van der Waals surface area contributed by atoms with Crippen molar-refractivity contribution in [3.63, 3.8) is 0 Å². The molecule has 0 saturated heterocycles. The number of sulfonamides is 1. The molecule has 28 heavy (non-hydrogen) atoms. The van der Waals surface area contributed by atoms with Crippen LogP contribution >= 0.6 is 0 Å². The number of carbonyl (C=O) groups is 1. The Morgan fingerprint density at radius 1 is 1.25 bits per heavy atom. The number of nitrogens with one attached hydrogen (secondary N) is 2. The third-order valence-corrected chi connectivity index (χ3v) is 6.85. The molecule has 3 aromatic rings. The van der Waals surface area contributed by atoms with Gasteiger partial charge in [0.05, 0.1) is 11.2 Å². The van der Waals surface area contributed by atoms with Crippen LogP contribution in [0.3, 0.4) is 0 Å². The first-order valence-electron chi connectivity index (χ1n) is 9.72. The molecule has 0 spiro atoms. The Morgan fingerprint density at radius 3 is 2.86 bits per heavy atom. The second-order valence-electron chi connectivity index (χ2n) is 7.20. The van der Waals surface area contributed by atoms with Gasteiger partial charge in [-0.3, -0.25) is 4.79 Å². The molecular weight excluding hydrogens is 376 g/mol. The molecule has 1 aliphatic carbocycles. The maximum absolute atomic E-state index is 12.9. The number of H-pyrrole nitrogens is 1. The van der Waals surface area contributed by atoms with Crippen molar-refractivity contribution < 1.29 is 17.6 Å². The highest BCUT2D eigenvalue weighted by atomic mass is 32.2. The monoisotopic (exact) mass is 400 g/mol. The van der Waals surface area contributed by atoms with E-state index in [9.17, 15) is 13.2 Å². The topological polar surface area (TPSA) is 92.2 Å². The number of benzene rings is 1. The first-order valence-corrected chi connectivity index (χ1v) is 11.2. The predicted octanol–water partition coefficient (Wildman–Crippen LogP) is 3.75. The maximum Gasteiger partial charge on any atom is 0.240 e. The quantitative estimate of drug-likeness (QED) is 0.591. The van der Waals surface area contributed by atoms with E-state index in [1.807, 2.05) is 25.1 Å². The molecule has 1 aliphatic rings. The van der Waals surface area contributed by atoms with Crippen LogP contribution in [0, 0.1) is 0 Å². The fourth-order valence-corrected chi connectivity index (χ4v) is 5.30. The molecule has 0 fully saturated rings. The number of furan rings is 1. The summed E-state index contributed by atoms with van der Waals surface area (Å²) in [6.07, 6.45) is 5.74. The van der Waals surface area contributed by atoms with Crippen LogP contribution in [0.4, 0.5) is 0 Å². The van der Waals surface area contributed by atoms with Gasteiger partial charge in [0.15, 0.2) is 5.78 Å². The molecule has 2 heterocycles. The third kappa shape index (κ3) is 3.52. The lowest BCUT2D eigenvalue weighted by Gasteiger charge is -2.12. The van der Waals surface area contributed by atoms with Crippen LogP contribution in [-0.2, 0) is 29.3 Å². The summed E-state index contributed by atoms with van der Waals surface area (Å²) in [5.41, 5.74) is 3.11. The molecular formula is C21H24N2O4S. The van der Waals surface area contributed by atoms with Gasteiger partial charge in [-0.1, -0.05) is 6.92 Å². The van der Waals surface area contributed by atoms with Crippen molar-refractivity contribution >= 4 is 26.7 Å². The van der Waals surface area contributed by atoms with Crippen molar-refractivity contribution in [1.82, 2.24) is 9.71 Å². The number of fused-ring (bicyclic) bond motifs is 3. The Labute approximate surface area is 164 Å². The highest BCUT2D eigenvalue weighted by Crippen LogP contribution is 2.32. The van der Waals surface area contributed by atoms with Gasteiger partial charge < -0.3 is 9.40 Å². The lowest BCUT2D eigenvalue weighted by Crippen LogP contribution is -2.26. The maximum atomic E-state index is 12.9. The summed E-state index contributed by atoms with van der Waals surface area (Å²) in [5, 5.41) is 0.841. The number of aromatic nitrogens is 1. The van der Waals surface area contributed by atoms with Gasteiger partial charge in [-0.15, -0.1) is 0 Å². The lowest BCUT2D eigenvalue weighted by atomic mass is 9.94. The zero-order valence-corrected chi connectivity index (χ0v) is 16.7. The SMILES string of the molecule is CCc1cc2c3c([nH]c2cc1S(=O)(=O)NCCCc1ccco1)CCCC3=O. The first-order chi connectivity index (χ1) is 13.5. The van der Waals surface area contributed by atoms with Crippen molar-refractivity contribution in [2.45, 2.75) is 50.3 Å². The average molecular weight is 401 g/mol. The molecule has 2 aromatic heterocycles. The molecule has 0 bridgehead atoms. The summed E-state index contributed by atoms with van der Waals surface area (Å²) >= 11 is 0. The molecule has 0 saturated carbocycles. The van der Waals surface area contributed by atoms with Crippen LogP contribution in [0.25, 0.3) is 10.9 Å². The van der Waals surface area contributed by atoms with E-state index in [0.29, 0.717) is 37.7 Å². The number of hydrogen-bond acceptors (Lipinski definition) is 4. The van der Waals surface area contributed by atoms with Crippen LogP contribution < -0.4 is 4.72 Å². The van der Waals surface area contributed by atoms with Crippen LogP contribution in [-0.4, -0.2) is 25.7 Å². The Balaban J connectivity index is 1.60. The van der Waals surface area contributed by atoms with Gasteiger partial charge in [-0.05, 0) is 55.5 Å². The van der Waals surface area contributed by atoms with E-state index < -0.39 is 10.0 Å². The van der Waals surface area contributed by atoms with Gasteiger partial charge >= 0.3 is 0 Å². The molecule has 0 amide bonds. The molecule has 0 radical (unpaired) electrons. The summed E-state index contributed by atoms with van der Waals surface area (Å²) < 4.78 is 33.8. The first kappa shape index (κ1) is 19.0. The Hall–Kier alpha value is -2.38. The van der Waals surface area contributed by atoms with E-state index in [2.05, 4.69) is 9.71 Å². The molecule has 0 atom stereocenters. The Bertz CT molecular complexity index is 1110. The molecule has 6 nitrogen and oxygen atoms in total. The molecule has 7 heteroatoms. The number of hydrogen-bond donors (Lipinski definition) is 2. The standard InChI is InChI=1S/C21H24N2O4S/c1-2-14-12-16-18(23-17-8-3-9-19(24)21(16)17)13-20(14)28(25,26)22-10-4-6-15-7-5-11-27-15/h5,7,11-13,22-23H,2-4,6,8-10H2,1H3. The molecule has 2 N–H and O–H groups in total. The Morgan fingerprint density at radius 2 is 2.11 bits per heavy atom. The fraction of sp³-hybridized carbons (Fsp3) is 0.381. The molecule has 1 aromatic carbocycles. The summed E-state index contributed by atoms with van der Waals surface area (Å²) in [7, 11) is -3.64. The third-order valence-electron chi connectivity index (χ3n) is 5.31. The summed E-state index contributed by atoms with van der Waals surface area (Å²) in [6.45, 7) is 2.27. The number of carbonyl (C=O) groups excluding carboxylic acids is 1. The van der Waals surface area contributed by atoms with E-state index in [-0.39, 0.29) is 10.7 Å². The summed E-state index contributed by atoms with van der Waals surface area (Å²) in [5.74, 6) is 0.984. The number of rotatable bonds is 7. The van der Waals surface area contributed by atoms with Gasteiger partial charge in [-0.2, -0.15) is 0 Å². The van der Waals surface area contributed by atoms with E-state index in [0.717, 1.165) is 40.8 Å². The molecule has 148 valence electrons. The van der Waals surface area contributed by atoms with Crippen molar-refractivity contribution in [2.75, 3.05) is 6.54 Å². The minimum Gasteiger partial charge on any atom is -0.469 e. The zero-order valence-electron chi connectivity index (χ0n) is 15.9. The lowest BCUT2D eigenvalue weighted by molar-refractivity contribution is 0.0974. The average Bonchev–Trinajstić information content (AvgIpc) is 3.31. The van der Waals surface area contributed by atoms with Gasteiger partial charge in [0, 0.05) is 41.5 Å². The highest BCUT2D eigenvalue weighted by Gasteiger charge is 2.25. The van der Waals surface area contributed by atoms with Gasteiger partial charge in [0.2, 0.25) is 10.0 Å². The molecule has 0 unspecified atom stereocenters. The molecule has 4 rings (SSSR count). The van der Waals surface area contributed by atoms with E-state index >= 15 is 0 Å². The molecule has 0 aliphatic heterocycles. The van der Waals surface area contributed by atoms with Crippen molar-refractivity contribution in [3.05, 3.63) is 53.1 Å². The number of ketones is 1. The largest absolute Gasteiger partial charge is 0.469 e. The van der Waals surface area contributed by atoms with E-state index in [1.165, 1.54) is 0 Å². The Kier molecular flexibility index (Phi) is 5.12. The van der Waals surface area contributed by atoms with Crippen LogP contribution in [0.15, 0.2) is 39.8 Å². The minimum atomic E-state index is -3.64. The van der Waals surface area contributed by atoms with Crippen LogP contribution in [0.5, 0.6) is 0 Å². The highest BCUT2D eigenvalue weighted by molar-refractivity contribution is 7.89. The second-order valence-corrected chi connectivity index (χ2v) is 8.93. The zero-order chi connectivity index (χ0) is 19.7. The van der Waals surface area contributed by atoms with E-state index in [1.54, 1.807) is 12.3 Å². The van der Waals surface area contributed by atoms with E-state index in [4.69, 9.17) is 4.42 Å². The van der Waals surface area contributed by atoms with Gasteiger partial charge in [0.1, 0.15) is 5.76 Å². The fourth-order valence-electron chi connectivity index (χ4n) is 3.91. The van der Waals surface area contributed by atoms with Crippen LogP contribution in [0.1, 0.15) is 53.6 Å².